The van der Waals surface area contributed by atoms with E-state index in [4.69, 9.17) is 7.85 Å². The molecular formula is C6H11BF2. The number of alkyl halides is 2. The van der Waals surface area contributed by atoms with Crippen LogP contribution < -0.4 is 0 Å². The molecule has 0 aliphatic carbocycles. The molecule has 9 heavy (non-hydrogen) atoms. The molecule has 0 aromatic rings. The first-order valence-electron chi connectivity index (χ1n) is 3.12. The summed E-state index contributed by atoms with van der Waals surface area (Å²) in [5.74, 6) is -3.68. The fourth-order valence-corrected chi connectivity index (χ4v) is 0.564. The minimum Gasteiger partial charge on any atom is -0.208 e. The van der Waals surface area contributed by atoms with Gasteiger partial charge in [0, 0.05) is 0 Å². The molecule has 0 aliphatic heterocycles. The summed E-state index contributed by atoms with van der Waals surface area (Å²) in [5, 5.41) is 0. The van der Waals surface area contributed by atoms with Crippen LogP contribution in [0.25, 0.3) is 0 Å². The molecule has 0 saturated carbocycles. The van der Waals surface area contributed by atoms with Crippen molar-refractivity contribution >= 4 is 7.85 Å². The summed E-state index contributed by atoms with van der Waals surface area (Å²) >= 11 is 0. The molecule has 0 rings (SSSR count). The van der Waals surface area contributed by atoms with Crippen LogP contribution in [0.1, 0.15) is 26.7 Å². The molecular weight excluding hydrogens is 121 g/mol. The SMILES string of the molecule is [B]C(CCC)C(C)(F)F. The van der Waals surface area contributed by atoms with E-state index in [2.05, 4.69) is 0 Å². The summed E-state index contributed by atoms with van der Waals surface area (Å²) in [6, 6.07) is 0. The summed E-state index contributed by atoms with van der Waals surface area (Å²) < 4.78 is 24.4. The average Bonchev–Trinajstić information content (AvgIpc) is 1.64. The van der Waals surface area contributed by atoms with E-state index in [1.807, 2.05) is 6.92 Å². The third kappa shape index (κ3) is 3.49. The van der Waals surface area contributed by atoms with Gasteiger partial charge in [-0.05, 0) is 12.7 Å². The number of hydrogen-bond donors (Lipinski definition) is 0. The minimum absolute atomic E-state index is 0.392. The zero-order valence-corrected chi connectivity index (χ0v) is 5.82. The molecule has 0 saturated heterocycles. The predicted molar refractivity (Wildman–Crippen MR) is 35.0 cm³/mol. The quantitative estimate of drug-likeness (QED) is 0.517. The van der Waals surface area contributed by atoms with Crippen molar-refractivity contribution in [3.05, 3.63) is 0 Å². The average molecular weight is 132 g/mol. The summed E-state index contributed by atoms with van der Waals surface area (Å²) in [4.78, 5) is 0. The molecule has 2 radical (unpaired) electrons. The summed E-state index contributed by atoms with van der Waals surface area (Å²) in [5.41, 5.74) is 0. The Morgan fingerprint density at radius 2 is 2.00 bits per heavy atom. The Kier molecular flexibility index (Phi) is 3.16. The first-order chi connectivity index (χ1) is 3.98. The third-order valence-corrected chi connectivity index (χ3v) is 1.25. The van der Waals surface area contributed by atoms with Crippen molar-refractivity contribution in [3.63, 3.8) is 0 Å². The highest BCUT2D eigenvalue weighted by Crippen LogP contribution is 2.29. The minimum atomic E-state index is -2.71. The maximum atomic E-state index is 12.2. The molecule has 0 nitrogen and oxygen atoms in total. The lowest BCUT2D eigenvalue weighted by Gasteiger charge is -2.18. The molecule has 0 heterocycles. The summed E-state index contributed by atoms with van der Waals surface area (Å²) in [7, 11) is 5.11. The first-order valence-corrected chi connectivity index (χ1v) is 3.12. The van der Waals surface area contributed by atoms with Gasteiger partial charge in [-0.3, -0.25) is 0 Å². The highest BCUT2D eigenvalue weighted by atomic mass is 19.3. The summed E-state index contributed by atoms with van der Waals surface area (Å²) in [6.45, 7) is 2.69. The van der Waals surface area contributed by atoms with Crippen molar-refractivity contribution in [2.24, 2.45) is 0 Å². The molecule has 0 aromatic carbocycles. The lowest BCUT2D eigenvalue weighted by molar-refractivity contribution is 0.0120. The van der Waals surface area contributed by atoms with Gasteiger partial charge < -0.3 is 0 Å². The smallest absolute Gasteiger partial charge is 0.208 e. The summed E-state index contributed by atoms with van der Waals surface area (Å²) in [6.07, 6.45) is 1.11. The molecule has 1 unspecified atom stereocenters. The second-order valence-corrected chi connectivity index (χ2v) is 2.35. The molecule has 1 atom stereocenters. The Hall–Kier alpha value is -0.0751. The van der Waals surface area contributed by atoms with E-state index >= 15 is 0 Å². The van der Waals surface area contributed by atoms with Gasteiger partial charge >= 0.3 is 0 Å². The normalized spacial score (nSPS) is 15.6. The monoisotopic (exact) mass is 132 g/mol. The van der Waals surface area contributed by atoms with Crippen molar-refractivity contribution in [2.75, 3.05) is 0 Å². The van der Waals surface area contributed by atoms with E-state index < -0.39 is 11.7 Å². The Bertz CT molecular complexity index is 77.6. The van der Waals surface area contributed by atoms with Gasteiger partial charge in [-0.1, -0.05) is 19.8 Å². The molecule has 0 aromatic heterocycles. The molecule has 0 spiro atoms. The molecule has 0 amide bonds. The number of hydrogen-bond acceptors (Lipinski definition) is 0. The lowest BCUT2D eigenvalue weighted by Crippen LogP contribution is -2.18. The van der Waals surface area contributed by atoms with Crippen molar-refractivity contribution in [2.45, 2.75) is 38.4 Å². The van der Waals surface area contributed by atoms with Crippen LogP contribution >= 0.6 is 0 Å². The largest absolute Gasteiger partial charge is 0.240 e. The Morgan fingerprint density at radius 3 is 2.11 bits per heavy atom. The fraction of sp³-hybridized carbons (Fsp3) is 1.00. The molecule has 0 aliphatic rings. The molecule has 3 heteroatoms. The molecule has 0 N–H and O–H groups in total. The Labute approximate surface area is 56.0 Å². The van der Waals surface area contributed by atoms with Crippen LogP contribution in [-0.2, 0) is 0 Å². The van der Waals surface area contributed by atoms with Crippen LogP contribution in [0.3, 0.4) is 0 Å². The van der Waals surface area contributed by atoms with Crippen LogP contribution in [-0.4, -0.2) is 13.8 Å². The van der Waals surface area contributed by atoms with E-state index in [9.17, 15) is 8.78 Å². The van der Waals surface area contributed by atoms with E-state index in [-0.39, 0.29) is 0 Å². The van der Waals surface area contributed by atoms with Crippen molar-refractivity contribution < 1.29 is 8.78 Å². The van der Waals surface area contributed by atoms with Gasteiger partial charge in [0.15, 0.2) is 0 Å². The zero-order valence-electron chi connectivity index (χ0n) is 5.82. The zero-order chi connectivity index (χ0) is 7.49. The van der Waals surface area contributed by atoms with Gasteiger partial charge in [0.2, 0.25) is 5.92 Å². The standard InChI is InChI=1S/C6H11BF2/c1-3-4-5(7)6(2,8)9/h5H,3-4H2,1-2H3. The topological polar surface area (TPSA) is 0 Å². The molecule has 0 bridgehead atoms. The number of halogens is 2. The van der Waals surface area contributed by atoms with Crippen molar-refractivity contribution in [1.82, 2.24) is 0 Å². The van der Waals surface area contributed by atoms with Crippen molar-refractivity contribution in [1.29, 1.82) is 0 Å². The van der Waals surface area contributed by atoms with E-state index in [1.54, 1.807) is 0 Å². The van der Waals surface area contributed by atoms with Gasteiger partial charge in [0.1, 0.15) is 0 Å². The molecule has 52 valence electrons. The van der Waals surface area contributed by atoms with Gasteiger partial charge in [-0.15, -0.1) is 0 Å². The van der Waals surface area contributed by atoms with Gasteiger partial charge in [0.25, 0.3) is 0 Å². The van der Waals surface area contributed by atoms with Crippen LogP contribution in [0.4, 0.5) is 8.78 Å². The van der Waals surface area contributed by atoms with E-state index in [0.29, 0.717) is 12.8 Å². The van der Waals surface area contributed by atoms with E-state index in [1.165, 1.54) is 0 Å². The number of rotatable bonds is 3. The Balaban J connectivity index is 3.59. The van der Waals surface area contributed by atoms with Crippen LogP contribution in [0.5, 0.6) is 0 Å². The highest BCUT2D eigenvalue weighted by molar-refractivity contribution is 6.12. The molecule has 0 fully saturated rings. The first kappa shape index (κ1) is 8.92. The van der Waals surface area contributed by atoms with Crippen LogP contribution in [0, 0.1) is 0 Å². The highest BCUT2D eigenvalue weighted by Gasteiger charge is 2.28. The second kappa shape index (κ2) is 3.18. The van der Waals surface area contributed by atoms with Gasteiger partial charge in [-0.25, -0.2) is 8.78 Å². The van der Waals surface area contributed by atoms with Crippen molar-refractivity contribution in [3.8, 4) is 0 Å². The van der Waals surface area contributed by atoms with Gasteiger partial charge in [-0.2, -0.15) is 0 Å². The Morgan fingerprint density at radius 1 is 1.56 bits per heavy atom. The fourth-order valence-electron chi connectivity index (χ4n) is 0.564. The van der Waals surface area contributed by atoms with Crippen LogP contribution in [0.2, 0.25) is 5.82 Å². The lowest BCUT2D eigenvalue weighted by atomic mass is 9.79. The third-order valence-electron chi connectivity index (χ3n) is 1.25. The predicted octanol–water partition coefficient (Wildman–Crippen LogP) is 2.40. The second-order valence-electron chi connectivity index (χ2n) is 2.35. The maximum Gasteiger partial charge on any atom is 0.240 e. The van der Waals surface area contributed by atoms with E-state index in [0.717, 1.165) is 6.92 Å². The maximum absolute atomic E-state index is 12.2. The van der Waals surface area contributed by atoms with Gasteiger partial charge in [0.05, 0.1) is 7.85 Å². The van der Waals surface area contributed by atoms with Crippen LogP contribution in [0.15, 0.2) is 0 Å².